The molecule has 3 heterocycles. The van der Waals surface area contributed by atoms with Crippen molar-refractivity contribution < 1.29 is 9.53 Å². The second-order valence-corrected chi connectivity index (χ2v) is 6.56. The van der Waals surface area contributed by atoms with Gasteiger partial charge in [0.05, 0.1) is 11.1 Å². The number of amides is 1. The van der Waals surface area contributed by atoms with E-state index in [0.29, 0.717) is 11.4 Å². The minimum atomic E-state index is -0.150. The third kappa shape index (κ3) is 2.39. The first-order chi connectivity index (χ1) is 11.1. The zero-order chi connectivity index (χ0) is 16.0. The fraction of sp³-hybridized carbons (Fsp3) is 0.188. The Morgan fingerprint density at radius 1 is 1.30 bits per heavy atom. The zero-order valence-corrected chi connectivity index (χ0v) is 13.5. The molecule has 4 rings (SSSR count). The molecule has 0 radical (unpaired) electrons. The molecule has 6 nitrogen and oxygen atoms in total. The first-order valence-corrected chi connectivity index (χ1v) is 7.98. The zero-order valence-electron chi connectivity index (χ0n) is 12.6. The Balaban J connectivity index is 1.74. The predicted molar refractivity (Wildman–Crippen MR) is 90.7 cm³/mol. The lowest BCUT2D eigenvalue weighted by atomic mass is 10.2. The summed E-state index contributed by atoms with van der Waals surface area (Å²) in [5, 5.41) is 7.15. The molecule has 0 fully saturated rings. The first kappa shape index (κ1) is 14.0. The lowest BCUT2D eigenvalue weighted by Crippen LogP contribution is -2.25. The van der Waals surface area contributed by atoms with Gasteiger partial charge in [0, 0.05) is 10.6 Å². The number of anilines is 3. The third-order valence-electron chi connectivity index (χ3n) is 3.84. The van der Waals surface area contributed by atoms with Crippen molar-refractivity contribution in [2.75, 3.05) is 17.2 Å². The standard InChI is InChI=1S/C16H14N4O2S/c1-8-9(2)23-16-14(8)15(17-7-18-16)19-10-3-4-12-11(5-10)20-13(21)6-22-12/h3-5,7H,6H2,1-2H3,(H,20,21)(H,17,18,19). The maximum Gasteiger partial charge on any atom is 0.262 e. The number of hydrogen-bond donors (Lipinski definition) is 2. The van der Waals surface area contributed by atoms with Gasteiger partial charge < -0.3 is 15.4 Å². The fourth-order valence-electron chi connectivity index (χ4n) is 2.57. The van der Waals surface area contributed by atoms with Gasteiger partial charge in [0.1, 0.15) is 22.7 Å². The highest BCUT2D eigenvalue weighted by atomic mass is 32.1. The molecule has 23 heavy (non-hydrogen) atoms. The normalized spacial score (nSPS) is 13.4. The fourth-order valence-corrected chi connectivity index (χ4v) is 3.57. The largest absolute Gasteiger partial charge is 0.482 e. The number of nitrogens with zero attached hydrogens (tertiary/aromatic N) is 2. The summed E-state index contributed by atoms with van der Waals surface area (Å²) in [6, 6.07) is 5.58. The Labute approximate surface area is 136 Å². The molecule has 116 valence electrons. The van der Waals surface area contributed by atoms with Gasteiger partial charge in [0.2, 0.25) is 0 Å². The number of aromatic nitrogens is 2. The van der Waals surface area contributed by atoms with Crippen molar-refractivity contribution in [2.24, 2.45) is 0 Å². The van der Waals surface area contributed by atoms with Crippen LogP contribution in [0, 0.1) is 13.8 Å². The number of nitrogens with one attached hydrogen (secondary N) is 2. The molecule has 2 aromatic heterocycles. The Kier molecular flexibility index (Phi) is 3.16. The molecule has 1 aliphatic rings. The number of aryl methyl sites for hydroxylation is 2. The Hall–Kier alpha value is -2.67. The average Bonchev–Trinajstić information content (AvgIpc) is 2.83. The van der Waals surface area contributed by atoms with Gasteiger partial charge in [-0.25, -0.2) is 9.97 Å². The molecular weight excluding hydrogens is 312 g/mol. The second-order valence-electron chi connectivity index (χ2n) is 5.36. The van der Waals surface area contributed by atoms with Crippen LogP contribution in [0.1, 0.15) is 10.4 Å². The van der Waals surface area contributed by atoms with Crippen LogP contribution in [-0.2, 0) is 4.79 Å². The lowest BCUT2D eigenvalue weighted by Gasteiger charge is -2.18. The minimum Gasteiger partial charge on any atom is -0.482 e. The van der Waals surface area contributed by atoms with E-state index in [2.05, 4.69) is 34.4 Å². The first-order valence-electron chi connectivity index (χ1n) is 7.16. The maximum absolute atomic E-state index is 11.4. The number of benzene rings is 1. The summed E-state index contributed by atoms with van der Waals surface area (Å²) in [5.41, 5.74) is 2.68. The predicted octanol–water partition coefficient (Wildman–Crippen LogP) is 3.38. The molecule has 1 aliphatic heterocycles. The van der Waals surface area contributed by atoms with Crippen molar-refractivity contribution in [1.82, 2.24) is 9.97 Å². The number of hydrogen-bond acceptors (Lipinski definition) is 6. The molecule has 0 saturated heterocycles. The number of thiophene rings is 1. The van der Waals surface area contributed by atoms with Crippen molar-refractivity contribution in [3.63, 3.8) is 0 Å². The number of carbonyl (C=O) groups is 1. The van der Waals surface area contributed by atoms with Gasteiger partial charge in [0.15, 0.2) is 6.61 Å². The van der Waals surface area contributed by atoms with Crippen LogP contribution < -0.4 is 15.4 Å². The molecule has 3 aromatic rings. The van der Waals surface area contributed by atoms with Crippen LogP contribution in [0.5, 0.6) is 5.75 Å². The molecule has 2 N–H and O–H groups in total. The van der Waals surface area contributed by atoms with E-state index >= 15 is 0 Å². The van der Waals surface area contributed by atoms with Crippen LogP contribution in [0.25, 0.3) is 10.2 Å². The van der Waals surface area contributed by atoms with Gasteiger partial charge >= 0.3 is 0 Å². The highest BCUT2D eigenvalue weighted by molar-refractivity contribution is 7.18. The maximum atomic E-state index is 11.4. The Morgan fingerprint density at radius 2 is 2.17 bits per heavy atom. The van der Waals surface area contributed by atoms with Gasteiger partial charge in [-0.1, -0.05) is 0 Å². The molecule has 0 bridgehead atoms. The molecule has 1 amide bonds. The lowest BCUT2D eigenvalue weighted by molar-refractivity contribution is -0.118. The van der Waals surface area contributed by atoms with Gasteiger partial charge in [0.25, 0.3) is 5.91 Å². The highest BCUT2D eigenvalue weighted by Crippen LogP contribution is 2.35. The van der Waals surface area contributed by atoms with Crippen molar-refractivity contribution in [2.45, 2.75) is 13.8 Å². The van der Waals surface area contributed by atoms with Gasteiger partial charge in [-0.15, -0.1) is 11.3 Å². The molecule has 0 atom stereocenters. The van der Waals surface area contributed by atoms with E-state index in [9.17, 15) is 4.79 Å². The molecule has 0 spiro atoms. The summed E-state index contributed by atoms with van der Waals surface area (Å²) in [7, 11) is 0. The highest BCUT2D eigenvalue weighted by Gasteiger charge is 2.17. The van der Waals surface area contributed by atoms with Crippen LogP contribution in [0.2, 0.25) is 0 Å². The molecule has 0 unspecified atom stereocenters. The van der Waals surface area contributed by atoms with E-state index in [0.717, 1.165) is 21.7 Å². The summed E-state index contributed by atoms with van der Waals surface area (Å²) in [6.45, 7) is 4.21. The second kappa shape index (κ2) is 5.20. The van der Waals surface area contributed by atoms with Crippen LogP contribution in [0.4, 0.5) is 17.2 Å². The van der Waals surface area contributed by atoms with Gasteiger partial charge in [-0.05, 0) is 37.6 Å². The van der Waals surface area contributed by atoms with Crippen LogP contribution in [0.3, 0.4) is 0 Å². The summed E-state index contributed by atoms with van der Waals surface area (Å²) in [6.07, 6.45) is 1.56. The molecule has 1 aromatic carbocycles. The number of ether oxygens (including phenoxy) is 1. The SMILES string of the molecule is Cc1sc2ncnc(Nc3ccc4c(c3)NC(=O)CO4)c2c1C. The Morgan fingerprint density at radius 3 is 3.04 bits per heavy atom. The third-order valence-corrected chi connectivity index (χ3v) is 4.96. The van der Waals surface area contributed by atoms with Crippen molar-refractivity contribution in [3.05, 3.63) is 35.0 Å². The summed E-state index contributed by atoms with van der Waals surface area (Å²) < 4.78 is 5.37. The van der Waals surface area contributed by atoms with E-state index in [4.69, 9.17) is 4.74 Å². The van der Waals surface area contributed by atoms with E-state index in [1.807, 2.05) is 18.2 Å². The molecule has 0 saturated carbocycles. The monoisotopic (exact) mass is 326 g/mol. The van der Waals surface area contributed by atoms with Gasteiger partial charge in [-0.2, -0.15) is 0 Å². The number of rotatable bonds is 2. The van der Waals surface area contributed by atoms with E-state index in [1.54, 1.807) is 17.7 Å². The number of fused-ring (bicyclic) bond motifs is 2. The summed E-state index contributed by atoms with van der Waals surface area (Å²) in [4.78, 5) is 22.3. The van der Waals surface area contributed by atoms with Crippen molar-refractivity contribution in [3.8, 4) is 5.75 Å². The van der Waals surface area contributed by atoms with Crippen LogP contribution in [-0.4, -0.2) is 22.5 Å². The summed E-state index contributed by atoms with van der Waals surface area (Å²) >= 11 is 1.66. The van der Waals surface area contributed by atoms with E-state index in [-0.39, 0.29) is 12.5 Å². The van der Waals surface area contributed by atoms with Crippen molar-refractivity contribution in [1.29, 1.82) is 0 Å². The minimum absolute atomic E-state index is 0.0552. The van der Waals surface area contributed by atoms with E-state index in [1.165, 1.54) is 10.4 Å². The quantitative estimate of drug-likeness (QED) is 0.755. The molecule has 7 heteroatoms. The average molecular weight is 326 g/mol. The topological polar surface area (TPSA) is 76.1 Å². The molecule has 0 aliphatic carbocycles. The van der Waals surface area contributed by atoms with E-state index < -0.39 is 0 Å². The van der Waals surface area contributed by atoms with Crippen LogP contribution >= 0.6 is 11.3 Å². The Bertz CT molecular complexity index is 935. The van der Waals surface area contributed by atoms with Crippen LogP contribution in [0.15, 0.2) is 24.5 Å². The smallest absolute Gasteiger partial charge is 0.262 e. The number of carbonyl (C=O) groups excluding carboxylic acids is 1. The van der Waals surface area contributed by atoms with Gasteiger partial charge in [-0.3, -0.25) is 4.79 Å². The summed E-state index contributed by atoms with van der Waals surface area (Å²) in [5.74, 6) is 1.29. The van der Waals surface area contributed by atoms with Crippen molar-refractivity contribution >= 4 is 44.7 Å². The molecular formula is C16H14N4O2S.